The van der Waals surface area contributed by atoms with Crippen LogP contribution in [0.25, 0.3) is 0 Å². The Labute approximate surface area is 123 Å². The molecule has 0 fully saturated rings. The molecular formula is C15H23F3N2O. The second kappa shape index (κ2) is 7.13. The number of benzene rings is 1. The molecule has 2 unspecified atom stereocenters. The van der Waals surface area contributed by atoms with Gasteiger partial charge in [-0.1, -0.05) is 18.2 Å². The van der Waals surface area contributed by atoms with Gasteiger partial charge in [-0.25, -0.2) is 0 Å². The molecule has 0 radical (unpaired) electrons. The minimum atomic E-state index is -4.28. The van der Waals surface area contributed by atoms with E-state index in [1.165, 1.54) is 12.0 Å². The van der Waals surface area contributed by atoms with E-state index in [-0.39, 0.29) is 6.04 Å². The van der Waals surface area contributed by atoms with Crippen molar-refractivity contribution in [2.24, 2.45) is 5.73 Å². The summed E-state index contributed by atoms with van der Waals surface area (Å²) in [6.45, 7) is 4.17. The van der Waals surface area contributed by atoms with Crippen LogP contribution in [0.4, 0.5) is 13.2 Å². The van der Waals surface area contributed by atoms with Crippen molar-refractivity contribution < 1.29 is 17.9 Å². The Balaban J connectivity index is 3.25. The Hall–Kier alpha value is -1.27. The summed E-state index contributed by atoms with van der Waals surface area (Å²) >= 11 is 0. The van der Waals surface area contributed by atoms with E-state index in [0.29, 0.717) is 11.3 Å². The van der Waals surface area contributed by atoms with Gasteiger partial charge in [-0.2, -0.15) is 13.2 Å². The molecule has 0 aromatic heterocycles. The molecule has 3 nitrogen and oxygen atoms in total. The normalized spacial score (nSPS) is 15.3. The van der Waals surface area contributed by atoms with Gasteiger partial charge in [-0.05, 0) is 26.8 Å². The molecular weight excluding hydrogens is 281 g/mol. The second-order valence-corrected chi connectivity index (χ2v) is 5.43. The number of ether oxygens (including phenoxy) is 1. The molecule has 1 aromatic rings. The number of halogens is 3. The summed E-state index contributed by atoms with van der Waals surface area (Å²) in [6.07, 6.45) is -4.28. The largest absolute Gasteiger partial charge is 0.496 e. The van der Waals surface area contributed by atoms with E-state index >= 15 is 0 Å². The number of alkyl halides is 3. The quantitative estimate of drug-likeness (QED) is 0.876. The summed E-state index contributed by atoms with van der Waals surface area (Å²) in [5.74, 6) is 0.549. The maximum absolute atomic E-state index is 12.9. The lowest BCUT2D eigenvalue weighted by molar-refractivity contribution is -0.156. The van der Waals surface area contributed by atoms with E-state index in [9.17, 15) is 13.2 Å². The first-order chi connectivity index (χ1) is 9.67. The lowest BCUT2D eigenvalue weighted by Gasteiger charge is -2.38. The van der Waals surface area contributed by atoms with Crippen LogP contribution in [0, 0.1) is 0 Å². The molecule has 0 saturated heterocycles. The standard InChI is InChI=1S/C15H23F3N2O/c1-10(2)20(9-15(16,17)18)14(11(3)19)12-7-5-6-8-13(12)21-4/h5-8,10-11,14H,9,19H2,1-4H3. The molecule has 0 spiro atoms. The molecule has 0 saturated carbocycles. The Kier molecular flexibility index (Phi) is 6.04. The summed E-state index contributed by atoms with van der Waals surface area (Å²) in [4.78, 5) is 1.36. The Morgan fingerprint density at radius 1 is 1.19 bits per heavy atom. The van der Waals surface area contributed by atoms with Gasteiger partial charge in [-0.15, -0.1) is 0 Å². The van der Waals surface area contributed by atoms with Gasteiger partial charge in [0.05, 0.1) is 19.7 Å². The first kappa shape index (κ1) is 17.8. The minimum Gasteiger partial charge on any atom is -0.496 e. The second-order valence-electron chi connectivity index (χ2n) is 5.43. The van der Waals surface area contributed by atoms with E-state index in [0.717, 1.165) is 0 Å². The van der Waals surface area contributed by atoms with Crippen LogP contribution in [0.2, 0.25) is 0 Å². The molecule has 2 atom stereocenters. The highest BCUT2D eigenvalue weighted by atomic mass is 19.4. The fourth-order valence-corrected chi connectivity index (χ4v) is 2.48. The van der Waals surface area contributed by atoms with Gasteiger partial charge in [0.1, 0.15) is 5.75 Å². The SMILES string of the molecule is COc1ccccc1C(C(C)N)N(CC(F)(F)F)C(C)C. The fourth-order valence-electron chi connectivity index (χ4n) is 2.48. The third-order valence-electron chi connectivity index (χ3n) is 3.34. The molecule has 1 rings (SSSR count). The van der Waals surface area contributed by atoms with Gasteiger partial charge >= 0.3 is 6.18 Å². The molecule has 2 N–H and O–H groups in total. The van der Waals surface area contributed by atoms with E-state index in [1.807, 2.05) is 0 Å². The van der Waals surface area contributed by atoms with Crippen molar-refractivity contribution in [2.75, 3.05) is 13.7 Å². The smallest absolute Gasteiger partial charge is 0.401 e. The molecule has 0 aliphatic heterocycles. The molecule has 0 bridgehead atoms. The number of hydrogen-bond acceptors (Lipinski definition) is 3. The maximum atomic E-state index is 12.9. The van der Waals surface area contributed by atoms with E-state index < -0.39 is 24.8 Å². The number of hydrogen-bond donors (Lipinski definition) is 1. The first-order valence-electron chi connectivity index (χ1n) is 6.88. The van der Waals surface area contributed by atoms with Crippen LogP contribution in [-0.4, -0.2) is 36.8 Å². The predicted molar refractivity (Wildman–Crippen MR) is 77.3 cm³/mol. The van der Waals surface area contributed by atoms with Crippen LogP contribution in [0.1, 0.15) is 32.4 Å². The van der Waals surface area contributed by atoms with Crippen molar-refractivity contribution in [3.05, 3.63) is 29.8 Å². The molecule has 0 heterocycles. The highest BCUT2D eigenvalue weighted by Gasteiger charge is 2.37. The van der Waals surface area contributed by atoms with Crippen LogP contribution in [-0.2, 0) is 0 Å². The lowest BCUT2D eigenvalue weighted by atomic mass is 9.96. The summed E-state index contributed by atoms with van der Waals surface area (Å²) in [5.41, 5.74) is 6.66. The third kappa shape index (κ3) is 4.89. The number of rotatable bonds is 6. The molecule has 120 valence electrons. The lowest BCUT2D eigenvalue weighted by Crippen LogP contribution is -2.47. The van der Waals surface area contributed by atoms with Crippen LogP contribution < -0.4 is 10.5 Å². The van der Waals surface area contributed by atoms with E-state index in [2.05, 4.69) is 0 Å². The molecule has 21 heavy (non-hydrogen) atoms. The van der Waals surface area contributed by atoms with E-state index in [4.69, 9.17) is 10.5 Å². The zero-order chi connectivity index (χ0) is 16.2. The van der Waals surface area contributed by atoms with Gasteiger partial charge in [0.15, 0.2) is 0 Å². The topological polar surface area (TPSA) is 38.5 Å². The van der Waals surface area contributed by atoms with Crippen LogP contribution in [0.15, 0.2) is 24.3 Å². The highest BCUT2D eigenvalue weighted by Crippen LogP contribution is 2.34. The van der Waals surface area contributed by atoms with Crippen LogP contribution >= 0.6 is 0 Å². The monoisotopic (exact) mass is 304 g/mol. The molecule has 6 heteroatoms. The molecule has 0 amide bonds. The molecule has 0 aliphatic carbocycles. The molecule has 1 aromatic carbocycles. The average Bonchev–Trinajstić information content (AvgIpc) is 2.36. The van der Waals surface area contributed by atoms with Gasteiger partial charge in [0, 0.05) is 17.6 Å². The van der Waals surface area contributed by atoms with Gasteiger partial charge in [0.25, 0.3) is 0 Å². The fraction of sp³-hybridized carbons (Fsp3) is 0.600. The highest BCUT2D eigenvalue weighted by molar-refractivity contribution is 5.36. The Morgan fingerprint density at radius 3 is 2.19 bits per heavy atom. The number of nitrogens with two attached hydrogens (primary N) is 1. The minimum absolute atomic E-state index is 0.299. The van der Waals surface area contributed by atoms with Crippen LogP contribution in [0.5, 0.6) is 5.75 Å². The number of methoxy groups -OCH3 is 1. The van der Waals surface area contributed by atoms with E-state index in [1.54, 1.807) is 45.0 Å². The summed E-state index contributed by atoms with van der Waals surface area (Å²) in [6, 6.07) is 5.72. The van der Waals surface area contributed by atoms with Gasteiger partial charge in [-0.3, -0.25) is 4.90 Å². The third-order valence-corrected chi connectivity index (χ3v) is 3.34. The van der Waals surface area contributed by atoms with Crippen molar-refractivity contribution in [1.82, 2.24) is 4.90 Å². The van der Waals surface area contributed by atoms with Crippen LogP contribution in [0.3, 0.4) is 0 Å². The zero-order valence-electron chi connectivity index (χ0n) is 12.8. The van der Waals surface area contributed by atoms with Crippen molar-refractivity contribution >= 4 is 0 Å². The van der Waals surface area contributed by atoms with Gasteiger partial charge in [0.2, 0.25) is 0 Å². The summed E-state index contributed by atoms with van der Waals surface area (Å²) in [7, 11) is 1.50. The summed E-state index contributed by atoms with van der Waals surface area (Å²) < 4.78 is 43.9. The van der Waals surface area contributed by atoms with Crippen molar-refractivity contribution in [1.29, 1.82) is 0 Å². The predicted octanol–water partition coefficient (Wildman–Crippen LogP) is 3.36. The van der Waals surface area contributed by atoms with Gasteiger partial charge < -0.3 is 10.5 Å². The Bertz CT molecular complexity index is 447. The zero-order valence-corrected chi connectivity index (χ0v) is 12.8. The Morgan fingerprint density at radius 2 is 1.76 bits per heavy atom. The van der Waals surface area contributed by atoms with Crippen molar-refractivity contribution in [3.63, 3.8) is 0 Å². The maximum Gasteiger partial charge on any atom is 0.401 e. The number of para-hydroxylation sites is 1. The first-order valence-corrected chi connectivity index (χ1v) is 6.88. The van der Waals surface area contributed by atoms with Crippen molar-refractivity contribution in [3.8, 4) is 5.75 Å². The summed E-state index contributed by atoms with van der Waals surface area (Å²) in [5, 5.41) is 0. The van der Waals surface area contributed by atoms with Crippen molar-refractivity contribution in [2.45, 2.75) is 45.1 Å². The molecule has 0 aliphatic rings. The average molecular weight is 304 g/mol. The number of nitrogens with zero attached hydrogens (tertiary/aromatic N) is 1.